The summed E-state index contributed by atoms with van der Waals surface area (Å²) >= 11 is 0. The first kappa shape index (κ1) is 24.7. The van der Waals surface area contributed by atoms with Crippen LogP contribution >= 0.6 is 0 Å². The van der Waals surface area contributed by atoms with E-state index in [0.29, 0.717) is 29.7 Å². The lowest BCUT2D eigenvalue weighted by molar-refractivity contribution is -0.147. The molecule has 186 valence electrons. The number of likely N-dealkylation sites (tertiary alicyclic amines) is 1. The summed E-state index contributed by atoms with van der Waals surface area (Å²) in [5.74, 6) is -1.52. The molecule has 3 aromatic rings. The fraction of sp³-hybridized carbons (Fsp3) is 0.259. The molecule has 2 unspecified atom stereocenters. The fourth-order valence-electron chi connectivity index (χ4n) is 4.71. The minimum absolute atomic E-state index is 0.0115. The summed E-state index contributed by atoms with van der Waals surface area (Å²) in [6.07, 6.45) is 3.11. The third-order valence-corrected chi connectivity index (χ3v) is 6.61. The van der Waals surface area contributed by atoms with Crippen molar-refractivity contribution in [3.8, 4) is 16.9 Å². The fourth-order valence-corrected chi connectivity index (χ4v) is 4.71. The Balaban J connectivity index is 1.58. The molecular formula is C27H28N4O5. The summed E-state index contributed by atoms with van der Waals surface area (Å²) in [5, 5.41) is 18.1. The van der Waals surface area contributed by atoms with Crippen LogP contribution in [-0.2, 0) is 16.0 Å². The number of methoxy groups -OCH3 is 1. The lowest BCUT2D eigenvalue weighted by Crippen LogP contribution is -2.44. The molecule has 2 aromatic carbocycles. The predicted molar refractivity (Wildman–Crippen MR) is 135 cm³/mol. The van der Waals surface area contributed by atoms with E-state index in [2.05, 4.69) is 4.98 Å². The molecule has 1 saturated heterocycles. The highest BCUT2D eigenvalue weighted by atomic mass is 16.5. The number of hydrogen-bond donors (Lipinski definition) is 4. The second kappa shape index (κ2) is 10.5. The Labute approximate surface area is 208 Å². The molecule has 0 radical (unpaired) electrons. The first-order valence-corrected chi connectivity index (χ1v) is 11.6. The highest BCUT2D eigenvalue weighted by molar-refractivity contribution is 5.96. The van der Waals surface area contributed by atoms with Crippen LogP contribution in [0.2, 0.25) is 0 Å². The normalized spacial score (nSPS) is 15.9. The van der Waals surface area contributed by atoms with Crippen molar-refractivity contribution in [2.75, 3.05) is 13.7 Å². The molecule has 9 heteroatoms. The molecule has 1 aliphatic rings. The van der Waals surface area contributed by atoms with Crippen LogP contribution in [0.1, 0.15) is 34.3 Å². The molecule has 0 aliphatic carbocycles. The van der Waals surface area contributed by atoms with Crippen molar-refractivity contribution in [2.24, 2.45) is 11.7 Å². The number of amides is 1. The van der Waals surface area contributed by atoms with E-state index in [4.69, 9.17) is 15.9 Å². The van der Waals surface area contributed by atoms with Crippen molar-refractivity contribution < 1.29 is 19.4 Å². The average Bonchev–Trinajstić information content (AvgIpc) is 3.37. The van der Waals surface area contributed by atoms with Crippen LogP contribution in [0.3, 0.4) is 0 Å². The number of amidine groups is 1. The number of nitrogen functional groups attached to an aromatic ring is 1. The van der Waals surface area contributed by atoms with Gasteiger partial charge in [0, 0.05) is 36.0 Å². The number of aromatic nitrogens is 1. The first-order chi connectivity index (χ1) is 17.3. The first-order valence-electron chi connectivity index (χ1n) is 11.6. The molecule has 4 rings (SSSR count). The Kier molecular flexibility index (Phi) is 7.19. The number of esters is 1. The molecule has 1 aliphatic heterocycles. The van der Waals surface area contributed by atoms with Gasteiger partial charge in [0.05, 0.1) is 13.0 Å². The number of pyridine rings is 1. The van der Waals surface area contributed by atoms with Crippen molar-refractivity contribution >= 4 is 17.7 Å². The van der Waals surface area contributed by atoms with Crippen molar-refractivity contribution in [1.82, 2.24) is 9.88 Å². The van der Waals surface area contributed by atoms with E-state index in [1.807, 2.05) is 12.1 Å². The number of carbonyl (C=O) groups is 2. The van der Waals surface area contributed by atoms with E-state index in [1.165, 1.54) is 25.3 Å². The van der Waals surface area contributed by atoms with Gasteiger partial charge in [-0.2, -0.15) is 0 Å². The maximum Gasteiger partial charge on any atom is 0.311 e. The van der Waals surface area contributed by atoms with E-state index in [-0.39, 0.29) is 29.5 Å². The second-order valence-corrected chi connectivity index (χ2v) is 8.82. The van der Waals surface area contributed by atoms with Crippen molar-refractivity contribution in [2.45, 2.75) is 25.3 Å². The van der Waals surface area contributed by atoms with Crippen molar-refractivity contribution in [3.05, 3.63) is 87.8 Å². The number of phenols is 1. The molecule has 5 N–H and O–H groups in total. The lowest BCUT2D eigenvalue weighted by Gasteiger charge is -2.30. The summed E-state index contributed by atoms with van der Waals surface area (Å²) in [6, 6.07) is 14.4. The largest absolute Gasteiger partial charge is 0.508 e. The van der Waals surface area contributed by atoms with Gasteiger partial charge in [-0.3, -0.25) is 19.8 Å². The van der Waals surface area contributed by atoms with Crippen LogP contribution < -0.4 is 11.3 Å². The Morgan fingerprint density at radius 3 is 2.47 bits per heavy atom. The molecule has 9 nitrogen and oxygen atoms in total. The Hall–Kier alpha value is -4.40. The quantitative estimate of drug-likeness (QED) is 0.228. The average molecular weight is 489 g/mol. The molecule has 0 bridgehead atoms. The van der Waals surface area contributed by atoms with Crippen LogP contribution in [0.25, 0.3) is 11.1 Å². The standard InChI is InChI=1S/C27H28N4O5/c1-36-27(35)21(14-20-13-18(25(28)29)8-10-23(20)32)22-3-2-12-31(22)26(34)17-6-4-16(5-7-17)19-9-11-24(33)30-15-19/h4-11,13,15,21-22,32H,2-3,12,14H2,1H3,(H3,28,29)(H,30,33). The molecule has 1 aromatic heterocycles. The van der Waals surface area contributed by atoms with Gasteiger partial charge in [0.25, 0.3) is 5.91 Å². The monoisotopic (exact) mass is 488 g/mol. The van der Waals surface area contributed by atoms with E-state index in [9.17, 15) is 19.5 Å². The summed E-state index contributed by atoms with van der Waals surface area (Å²) in [6.45, 7) is 0.498. The zero-order valence-corrected chi connectivity index (χ0v) is 19.9. The maximum atomic E-state index is 13.5. The molecule has 1 amide bonds. The third kappa shape index (κ3) is 5.14. The van der Waals surface area contributed by atoms with Crippen LogP contribution in [0.15, 0.2) is 65.6 Å². The summed E-state index contributed by atoms with van der Waals surface area (Å²) in [5.41, 5.74) is 8.47. The Bertz CT molecular complexity index is 1330. The number of ether oxygens (including phenoxy) is 1. The number of H-pyrrole nitrogens is 1. The van der Waals surface area contributed by atoms with Crippen LogP contribution in [0, 0.1) is 11.3 Å². The zero-order chi connectivity index (χ0) is 25.8. The summed E-state index contributed by atoms with van der Waals surface area (Å²) in [4.78, 5) is 41.9. The molecular weight excluding hydrogens is 460 g/mol. The van der Waals surface area contributed by atoms with Crippen molar-refractivity contribution in [1.29, 1.82) is 5.41 Å². The molecule has 2 heterocycles. The van der Waals surface area contributed by atoms with Gasteiger partial charge in [0.2, 0.25) is 5.56 Å². The minimum Gasteiger partial charge on any atom is -0.508 e. The number of hydrogen-bond acceptors (Lipinski definition) is 6. The van der Waals surface area contributed by atoms with Crippen LogP contribution in [0.5, 0.6) is 5.75 Å². The van der Waals surface area contributed by atoms with E-state index < -0.39 is 17.9 Å². The number of rotatable bonds is 7. The number of nitrogens with zero attached hydrogens (tertiary/aromatic N) is 1. The van der Waals surface area contributed by atoms with Crippen LogP contribution in [0.4, 0.5) is 0 Å². The number of nitrogens with two attached hydrogens (primary N) is 1. The number of aromatic hydroxyl groups is 1. The number of aromatic amines is 1. The number of benzene rings is 2. The van der Waals surface area contributed by atoms with Gasteiger partial charge in [-0.1, -0.05) is 12.1 Å². The topological polar surface area (TPSA) is 150 Å². The number of phenolic OH excluding ortho intramolecular Hbond substituents is 1. The molecule has 0 spiro atoms. The van der Waals surface area contributed by atoms with E-state index in [0.717, 1.165) is 17.5 Å². The second-order valence-electron chi connectivity index (χ2n) is 8.82. The highest BCUT2D eigenvalue weighted by Crippen LogP contribution is 2.32. The van der Waals surface area contributed by atoms with Gasteiger partial charge in [-0.15, -0.1) is 0 Å². The van der Waals surface area contributed by atoms with Gasteiger partial charge in [-0.25, -0.2) is 0 Å². The predicted octanol–water partition coefficient (Wildman–Crippen LogP) is 2.67. The molecule has 1 fully saturated rings. The van der Waals surface area contributed by atoms with E-state index >= 15 is 0 Å². The number of carbonyl (C=O) groups excluding carboxylic acids is 2. The van der Waals surface area contributed by atoms with Crippen molar-refractivity contribution in [3.63, 3.8) is 0 Å². The molecule has 0 saturated carbocycles. The highest BCUT2D eigenvalue weighted by Gasteiger charge is 2.39. The summed E-state index contributed by atoms with van der Waals surface area (Å²) < 4.78 is 5.07. The van der Waals surface area contributed by atoms with Gasteiger partial charge < -0.3 is 25.5 Å². The minimum atomic E-state index is -0.699. The third-order valence-electron chi connectivity index (χ3n) is 6.61. The van der Waals surface area contributed by atoms with Gasteiger partial charge in [-0.05, 0) is 72.4 Å². The molecule has 2 atom stereocenters. The molecule has 36 heavy (non-hydrogen) atoms. The number of nitrogens with one attached hydrogen (secondary N) is 2. The maximum absolute atomic E-state index is 13.5. The van der Waals surface area contributed by atoms with Gasteiger partial charge in [0.1, 0.15) is 11.6 Å². The lowest BCUT2D eigenvalue weighted by atomic mass is 9.89. The van der Waals surface area contributed by atoms with Crippen LogP contribution in [-0.4, -0.2) is 52.4 Å². The Morgan fingerprint density at radius 1 is 1.14 bits per heavy atom. The zero-order valence-electron chi connectivity index (χ0n) is 19.9. The smallest absolute Gasteiger partial charge is 0.311 e. The summed E-state index contributed by atoms with van der Waals surface area (Å²) in [7, 11) is 1.30. The van der Waals surface area contributed by atoms with E-state index in [1.54, 1.807) is 35.4 Å². The SMILES string of the molecule is COC(=O)C(Cc1cc(C(=N)N)ccc1O)C1CCCN1C(=O)c1ccc(-c2ccc(=O)[nH]c2)cc1. The van der Waals surface area contributed by atoms with Gasteiger partial charge in [0.15, 0.2) is 0 Å². The Morgan fingerprint density at radius 2 is 1.83 bits per heavy atom. The van der Waals surface area contributed by atoms with Gasteiger partial charge >= 0.3 is 5.97 Å².